The van der Waals surface area contributed by atoms with Crippen molar-refractivity contribution in [3.8, 4) is 6.07 Å². The fraction of sp³-hybridized carbons (Fsp3) is 0.344. The van der Waals surface area contributed by atoms with E-state index in [0.29, 0.717) is 17.5 Å². The van der Waals surface area contributed by atoms with E-state index in [1.54, 1.807) is 32.0 Å². The highest BCUT2D eigenvalue weighted by Gasteiger charge is 2.67. The molecule has 1 fully saturated rings. The second-order valence-electron chi connectivity index (χ2n) is 12.2. The van der Waals surface area contributed by atoms with Gasteiger partial charge in [0, 0.05) is 23.2 Å². The summed E-state index contributed by atoms with van der Waals surface area (Å²) in [6, 6.07) is 11.2. The van der Waals surface area contributed by atoms with Gasteiger partial charge in [-0.1, -0.05) is 39.0 Å². The molecule has 1 spiro atoms. The number of halogens is 3. The number of rotatable bonds is 4. The van der Waals surface area contributed by atoms with Crippen LogP contribution in [-0.2, 0) is 15.0 Å². The van der Waals surface area contributed by atoms with E-state index in [-0.39, 0.29) is 33.5 Å². The maximum Gasteiger partial charge on any atom is 0.242 e. The molecule has 2 aliphatic heterocycles. The number of carbonyl (C=O) groups is 2. The number of nitriles is 1. The lowest BCUT2D eigenvalue weighted by molar-refractivity contribution is -0.122. The third kappa shape index (κ3) is 4.66. The molecule has 3 aromatic carbocycles. The topological polar surface area (TPSA) is 94.0 Å². The molecule has 1 saturated heterocycles. The monoisotopic (exact) mass is 560 g/mol. The van der Waals surface area contributed by atoms with Crippen molar-refractivity contribution >= 4 is 23.2 Å². The Morgan fingerprint density at radius 1 is 1.07 bits per heavy atom. The van der Waals surface area contributed by atoms with Gasteiger partial charge in [-0.05, 0) is 72.7 Å². The van der Waals surface area contributed by atoms with Crippen molar-refractivity contribution in [1.82, 2.24) is 5.32 Å². The normalized spacial score (nSPS) is 23.3. The number of benzene rings is 3. The van der Waals surface area contributed by atoms with Crippen molar-refractivity contribution in [2.45, 2.75) is 64.5 Å². The van der Waals surface area contributed by atoms with Crippen LogP contribution in [0.15, 0.2) is 48.5 Å². The Morgan fingerprint density at radius 3 is 2.46 bits per heavy atom. The largest absolute Gasteiger partial charge is 0.325 e. The van der Waals surface area contributed by atoms with Crippen LogP contribution in [0.25, 0.3) is 0 Å². The molecule has 2 amide bonds. The molecular formula is C32H31F3N4O2. The Bertz CT molecular complexity index is 1620. The van der Waals surface area contributed by atoms with Crippen LogP contribution in [0, 0.1) is 48.0 Å². The highest BCUT2D eigenvalue weighted by atomic mass is 19.1. The Balaban J connectivity index is 1.75. The first-order chi connectivity index (χ1) is 19.3. The summed E-state index contributed by atoms with van der Waals surface area (Å²) in [4.78, 5) is 28.1. The van der Waals surface area contributed by atoms with E-state index in [9.17, 15) is 14.0 Å². The van der Waals surface area contributed by atoms with E-state index in [1.807, 2.05) is 26.8 Å². The van der Waals surface area contributed by atoms with Gasteiger partial charge in [-0.3, -0.25) is 9.59 Å². The van der Waals surface area contributed by atoms with Crippen LogP contribution >= 0.6 is 0 Å². The van der Waals surface area contributed by atoms with Crippen LogP contribution in [-0.4, -0.2) is 23.9 Å². The number of anilines is 2. The number of amides is 2. The summed E-state index contributed by atoms with van der Waals surface area (Å²) < 4.78 is 46.8. The van der Waals surface area contributed by atoms with Gasteiger partial charge in [-0.25, -0.2) is 13.2 Å². The summed E-state index contributed by atoms with van der Waals surface area (Å²) in [5.74, 6) is -4.49. The third-order valence-corrected chi connectivity index (χ3v) is 8.04. The minimum absolute atomic E-state index is 0.0772. The SMILES string of the molecule is Cc1cc(F)c2c(c1)NC(=O)[C@@]21C(CC(C)(C)C)N[C@@H](C(=O)Nc2ccc(C#N)cc2F)C1c1cccc(C)c1F. The molecule has 4 atom stereocenters. The number of nitrogens with one attached hydrogen (secondary N) is 3. The van der Waals surface area contributed by atoms with E-state index in [2.05, 4.69) is 16.0 Å². The number of nitrogens with zero attached hydrogens (tertiary/aromatic N) is 1. The molecule has 2 unspecified atom stereocenters. The summed E-state index contributed by atoms with van der Waals surface area (Å²) in [5.41, 5.74) is -0.824. The van der Waals surface area contributed by atoms with Crippen molar-refractivity contribution in [3.05, 3.63) is 93.8 Å². The Labute approximate surface area is 237 Å². The molecule has 0 aromatic heterocycles. The maximum atomic E-state index is 16.0. The standard InChI is InChI=1S/C32H31F3N4O2/c1-16-11-21(34)26-23(12-16)38-30(41)32(26)24(14-31(3,4)5)39-28(25(32)19-8-6-7-17(2)27(19)35)29(40)37-22-10-9-18(15-36)13-20(22)33/h6-13,24-25,28,39H,14H2,1-5H3,(H,37,40)(H,38,41)/t24?,25?,28-,32-/m1/s1. The Hall–Kier alpha value is -4.16. The number of hydrogen-bond donors (Lipinski definition) is 3. The van der Waals surface area contributed by atoms with Crippen LogP contribution in [0.3, 0.4) is 0 Å². The fourth-order valence-corrected chi connectivity index (χ4v) is 6.44. The highest BCUT2D eigenvalue weighted by Crippen LogP contribution is 2.57. The summed E-state index contributed by atoms with van der Waals surface area (Å²) >= 11 is 0. The van der Waals surface area contributed by atoms with Crippen LogP contribution in [0.2, 0.25) is 0 Å². The summed E-state index contributed by atoms with van der Waals surface area (Å²) in [5, 5.41) is 17.7. The van der Waals surface area contributed by atoms with Crippen LogP contribution in [0.5, 0.6) is 0 Å². The van der Waals surface area contributed by atoms with Crippen molar-refractivity contribution < 1.29 is 22.8 Å². The summed E-state index contributed by atoms with van der Waals surface area (Å²) in [7, 11) is 0. The highest BCUT2D eigenvalue weighted by molar-refractivity contribution is 6.10. The van der Waals surface area contributed by atoms with Gasteiger partial charge in [0.05, 0.1) is 23.4 Å². The van der Waals surface area contributed by atoms with Crippen molar-refractivity contribution in [2.75, 3.05) is 10.6 Å². The molecule has 2 aliphatic rings. The number of hydrogen-bond acceptors (Lipinski definition) is 4. The molecule has 0 aliphatic carbocycles. The molecule has 3 N–H and O–H groups in total. The lowest BCUT2D eigenvalue weighted by Gasteiger charge is -2.38. The van der Waals surface area contributed by atoms with Gasteiger partial charge in [0.25, 0.3) is 0 Å². The molecule has 0 bridgehead atoms. The van der Waals surface area contributed by atoms with Crippen molar-refractivity contribution in [1.29, 1.82) is 5.26 Å². The second-order valence-corrected chi connectivity index (χ2v) is 12.2. The molecule has 0 radical (unpaired) electrons. The minimum Gasteiger partial charge on any atom is -0.325 e. The fourth-order valence-electron chi connectivity index (χ4n) is 6.44. The minimum atomic E-state index is -1.69. The quantitative estimate of drug-likeness (QED) is 0.366. The predicted octanol–water partition coefficient (Wildman–Crippen LogP) is 5.98. The van der Waals surface area contributed by atoms with Crippen molar-refractivity contribution in [2.24, 2.45) is 5.41 Å². The van der Waals surface area contributed by atoms with Gasteiger partial charge in [-0.15, -0.1) is 0 Å². The second kappa shape index (κ2) is 10.0. The molecule has 212 valence electrons. The Morgan fingerprint density at radius 2 is 1.80 bits per heavy atom. The van der Waals surface area contributed by atoms with Gasteiger partial charge >= 0.3 is 0 Å². The summed E-state index contributed by atoms with van der Waals surface area (Å²) in [6.07, 6.45) is 0.339. The first-order valence-corrected chi connectivity index (χ1v) is 13.4. The lowest BCUT2D eigenvalue weighted by atomic mass is 9.62. The average molecular weight is 561 g/mol. The molecule has 9 heteroatoms. The molecule has 41 heavy (non-hydrogen) atoms. The van der Waals surface area contributed by atoms with E-state index in [1.165, 1.54) is 24.3 Å². The summed E-state index contributed by atoms with van der Waals surface area (Å²) in [6.45, 7) is 9.17. The van der Waals surface area contributed by atoms with E-state index >= 15 is 8.78 Å². The van der Waals surface area contributed by atoms with Crippen LogP contribution in [0.1, 0.15) is 60.9 Å². The molecule has 6 nitrogen and oxygen atoms in total. The molecule has 3 aromatic rings. The zero-order valence-corrected chi connectivity index (χ0v) is 23.5. The lowest BCUT2D eigenvalue weighted by Crippen LogP contribution is -2.50. The zero-order valence-electron chi connectivity index (χ0n) is 23.5. The first kappa shape index (κ1) is 28.4. The van der Waals surface area contributed by atoms with Gasteiger partial charge < -0.3 is 16.0 Å². The number of aryl methyl sites for hydroxylation is 2. The molecule has 0 saturated carbocycles. The molecular weight excluding hydrogens is 529 g/mol. The van der Waals surface area contributed by atoms with E-state index < -0.39 is 52.7 Å². The third-order valence-electron chi connectivity index (χ3n) is 8.04. The van der Waals surface area contributed by atoms with Gasteiger partial charge in [0.2, 0.25) is 11.8 Å². The molecule has 2 heterocycles. The zero-order chi connectivity index (χ0) is 29.9. The van der Waals surface area contributed by atoms with E-state index in [4.69, 9.17) is 5.26 Å². The predicted molar refractivity (Wildman–Crippen MR) is 150 cm³/mol. The van der Waals surface area contributed by atoms with Gasteiger partial charge in [0.15, 0.2) is 0 Å². The van der Waals surface area contributed by atoms with Gasteiger partial charge in [0.1, 0.15) is 22.9 Å². The molecule has 5 rings (SSSR count). The maximum absolute atomic E-state index is 16.0. The smallest absolute Gasteiger partial charge is 0.242 e. The number of carbonyl (C=O) groups excluding carboxylic acids is 2. The first-order valence-electron chi connectivity index (χ1n) is 13.4. The Kier molecular flexibility index (Phi) is 6.94. The number of fused-ring (bicyclic) bond motifs is 2. The van der Waals surface area contributed by atoms with Crippen molar-refractivity contribution in [3.63, 3.8) is 0 Å². The van der Waals surface area contributed by atoms with Gasteiger partial charge in [-0.2, -0.15) is 5.26 Å². The average Bonchev–Trinajstić information content (AvgIpc) is 3.36. The van der Waals surface area contributed by atoms with Crippen LogP contribution in [0.4, 0.5) is 24.5 Å². The van der Waals surface area contributed by atoms with E-state index in [0.717, 1.165) is 6.07 Å². The van der Waals surface area contributed by atoms with Crippen LogP contribution < -0.4 is 16.0 Å².